The third-order valence-electron chi connectivity index (χ3n) is 6.64. The molecule has 1 fully saturated rings. The summed E-state index contributed by atoms with van der Waals surface area (Å²) >= 11 is 2.96. The molecule has 39 heavy (non-hydrogen) atoms. The van der Waals surface area contributed by atoms with Crippen molar-refractivity contribution in [3.8, 4) is 0 Å². The Morgan fingerprint density at radius 3 is 1.97 bits per heavy atom. The van der Waals surface area contributed by atoms with E-state index < -0.39 is 19.6 Å². The molecule has 0 aromatic heterocycles. The van der Waals surface area contributed by atoms with Gasteiger partial charge in [-0.05, 0) is 0 Å². The molecule has 0 saturated carbocycles. The quantitative estimate of drug-likeness (QED) is 0.0662. The van der Waals surface area contributed by atoms with Crippen molar-refractivity contribution in [3.05, 3.63) is 35.4 Å². The molecule has 226 valence electrons. The molecule has 0 amide bonds. The Morgan fingerprint density at radius 2 is 1.44 bits per heavy atom. The van der Waals surface area contributed by atoms with Crippen molar-refractivity contribution in [2.75, 3.05) is 33.0 Å². The molecule has 0 spiro atoms. The van der Waals surface area contributed by atoms with Crippen LogP contribution in [0.3, 0.4) is 0 Å². The molecule has 10 heteroatoms. The van der Waals surface area contributed by atoms with Gasteiger partial charge in [-0.25, -0.2) is 0 Å². The van der Waals surface area contributed by atoms with Crippen molar-refractivity contribution in [1.29, 1.82) is 0 Å². The fraction of sp³-hybridized carbons (Fsp3) is 0.793. The van der Waals surface area contributed by atoms with E-state index in [0.717, 1.165) is 12.0 Å². The van der Waals surface area contributed by atoms with Gasteiger partial charge in [-0.1, -0.05) is 45.4 Å². The van der Waals surface area contributed by atoms with Crippen LogP contribution in [0.4, 0.5) is 0 Å². The van der Waals surface area contributed by atoms with Crippen molar-refractivity contribution in [2.45, 2.75) is 117 Å². The molecule has 0 N–H and O–H groups in total. The molecule has 2 rings (SSSR count). The number of ether oxygens (including phenoxy) is 1. The second-order valence-corrected chi connectivity index (χ2v) is 16.6. The van der Waals surface area contributed by atoms with Crippen molar-refractivity contribution >= 4 is 28.9 Å². The first-order chi connectivity index (χ1) is 18.9. The van der Waals surface area contributed by atoms with Gasteiger partial charge in [0.15, 0.2) is 0 Å². The fourth-order valence-corrected chi connectivity index (χ4v) is 10.4. The summed E-state index contributed by atoms with van der Waals surface area (Å²) in [6.07, 6.45) is 12.7. The Hall–Kier alpha value is 0.159. The van der Waals surface area contributed by atoms with Crippen LogP contribution in [0.5, 0.6) is 0 Å². The summed E-state index contributed by atoms with van der Waals surface area (Å²) in [4.78, 5) is 0. The van der Waals surface area contributed by atoms with Gasteiger partial charge >= 0.3 is 200 Å². The zero-order chi connectivity index (χ0) is 28.4. The van der Waals surface area contributed by atoms with Crippen LogP contribution in [0.15, 0.2) is 24.3 Å². The minimum atomic E-state index is -3.64. The Kier molecular flexibility index (Phi) is 18.3. The van der Waals surface area contributed by atoms with Gasteiger partial charge in [0.05, 0.1) is 0 Å². The minimum absolute atomic E-state index is 0.235. The second kappa shape index (κ2) is 20.1. The molecule has 0 bridgehead atoms. The summed E-state index contributed by atoms with van der Waals surface area (Å²) in [7, 11) is -3.64. The molecule has 3 unspecified atom stereocenters. The molecular formula is C29H52O7P2Se. The molecule has 0 aliphatic carbocycles. The zero-order valence-corrected chi connectivity index (χ0v) is 28.1. The number of unbranched alkanes of at least 4 members (excludes halogenated alkanes) is 11. The van der Waals surface area contributed by atoms with E-state index in [1.807, 2.05) is 31.2 Å². The second-order valence-electron chi connectivity index (χ2n) is 10.2. The van der Waals surface area contributed by atoms with Crippen molar-refractivity contribution in [3.63, 3.8) is 0 Å². The van der Waals surface area contributed by atoms with Crippen LogP contribution in [0, 0.1) is 6.92 Å². The predicted molar refractivity (Wildman–Crippen MR) is 161 cm³/mol. The Labute approximate surface area is 245 Å². The monoisotopic (exact) mass is 654 g/mol. The van der Waals surface area contributed by atoms with Crippen LogP contribution < -0.4 is 0 Å². The van der Waals surface area contributed by atoms with E-state index in [0.29, 0.717) is 25.4 Å². The Morgan fingerprint density at radius 1 is 0.897 bits per heavy atom. The maximum absolute atomic E-state index is 13.7. The summed E-state index contributed by atoms with van der Waals surface area (Å²) in [5.41, 5.74) is 1.78. The van der Waals surface area contributed by atoms with Gasteiger partial charge in [0.1, 0.15) is 0 Å². The molecular weight excluding hydrogens is 601 g/mol. The average molecular weight is 654 g/mol. The average Bonchev–Trinajstić information content (AvgIpc) is 3.29. The van der Waals surface area contributed by atoms with Crippen molar-refractivity contribution < 1.29 is 31.9 Å². The van der Waals surface area contributed by atoms with Gasteiger partial charge in [0.2, 0.25) is 0 Å². The number of aryl methyl sites for hydroxylation is 1. The van der Waals surface area contributed by atoms with Crippen molar-refractivity contribution in [1.82, 2.24) is 0 Å². The molecule has 1 aromatic carbocycles. The van der Waals surface area contributed by atoms with Crippen LogP contribution in [0.2, 0.25) is 0 Å². The number of rotatable bonds is 23. The molecule has 1 aliphatic heterocycles. The van der Waals surface area contributed by atoms with E-state index in [1.165, 1.54) is 70.6 Å². The van der Waals surface area contributed by atoms with Crippen LogP contribution in [0.1, 0.15) is 115 Å². The zero-order valence-electron chi connectivity index (χ0n) is 24.6. The predicted octanol–water partition coefficient (Wildman–Crippen LogP) is 9.26. The molecule has 1 heterocycles. The third kappa shape index (κ3) is 13.8. The van der Waals surface area contributed by atoms with Gasteiger partial charge in [-0.2, -0.15) is 0 Å². The van der Waals surface area contributed by atoms with Crippen LogP contribution in [-0.4, -0.2) is 54.2 Å². The fourth-order valence-electron chi connectivity index (χ4n) is 4.50. The summed E-state index contributed by atoms with van der Waals surface area (Å²) in [6.45, 7) is 9.82. The standard InChI is InChI=1S/C29H52O7P2Se/c1-5-8-9-10-11-12-13-14-15-16-17-18-23-31-24-28-25-34-38(39,35-28)36-29(27-21-19-26(4)20-22-27)37(30,32-6-2)33-7-3/h19-22,28-29H,5-18,23-25H2,1-4H3. The van der Waals surface area contributed by atoms with E-state index in [9.17, 15) is 4.57 Å². The normalized spacial score (nSPS) is 20.5. The maximum atomic E-state index is 13.7. The first kappa shape index (κ1) is 35.4. The summed E-state index contributed by atoms with van der Waals surface area (Å²) in [5, 5.41) is 0. The number of hydrogen-bond acceptors (Lipinski definition) is 7. The Balaban J connectivity index is 1.71. The van der Waals surface area contributed by atoms with E-state index in [1.54, 1.807) is 13.8 Å². The van der Waals surface area contributed by atoms with Gasteiger partial charge in [-0.3, -0.25) is 0 Å². The third-order valence-corrected chi connectivity index (χ3v) is 12.3. The van der Waals surface area contributed by atoms with E-state index in [-0.39, 0.29) is 19.3 Å². The van der Waals surface area contributed by atoms with E-state index >= 15 is 0 Å². The molecule has 1 saturated heterocycles. The van der Waals surface area contributed by atoms with E-state index in [2.05, 4.69) is 22.0 Å². The topological polar surface area (TPSA) is 72.5 Å². The number of benzene rings is 1. The molecule has 0 radical (unpaired) electrons. The molecule has 1 aromatic rings. The number of hydrogen-bond donors (Lipinski definition) is 0. The van der Waals surface area contributed by atoms with E-state index in [4.69, 9.17) is 27.4 Å². The first-order valence-electron chi connectivity index (χ1n) is 15.0. The van der Waals surface area contributed by atoms with Crippen LogP contribution >= 0.6 is 13.8 Å². The Bertz CT molecular complexity index is 858. The van der Waals surface area contributed by atoms with Gasteiger partial charge in [0, 0.05) is 0 Å². The first-order valence-corrected chi connectivity index (χ1v) is 20.4. The summed E-state index contributed by atoms with van der Waals surface area (Å²) in [6, 6.07) is 7.65. The SMILES string of the molecule is CCCCCCCCCCCCCCOCC1COP(=[Se])(OC(c2ccc(C)cc2)P(=O)(OCC)OCC)O1. The van der Waals surface area contributed by atoms with Crippen LogP contribution in [0.25, 0.3) is 0 Å². The molecule has 3 atom stereocenters. The van der Waals surface area contributed by atoms with Gasteiger partial charge < -0.3 is 0 Å². The van der Waals surface area contributed by atoms with Crippen LogP contribution in [-0.2, 0) is 31.9 Å². The van der Waals surface area contributed by atoms with Gasteiger partial charge in [0.25, 0.3) is 0 Å². The van der Waals surface area contributed by atoms with Gasteiger partial charge in [-0.15, -0.1) is 0 Å². The molecule has 1 aliphatic rings. The summed E-state index contributed by atoms with van der Waals surface area (Å²) in [5.74, 6) is -0.965. The van der Waals surface area contributed by atoms with Crippen molar-refractivity contribution in [2.24, 2.45) is 0 Å². The summed E-state index contributed by atoms with van der Waals surface area (Å²) < 4.78 is 49.3. The molecule has 7 nitrogen and oxygen atoms in total.